The summed E-state index contributed by atoms with van der Waals surface area (Å²) in [7, 11) is 0. The van der Waals surface area contributed by atoms with Crippen LogP contribution >= 0.6 is 0 Å². The van der Waals surface area contributed by atoms with Gasteiger partial charge in [0.25, 0.3) is 0 Å². The van der Waals surface area contributed by atoms with Gasteiger partial charge in [0.2, 0.25) is 5.91 Å². The van der Waals surface area contributed by atoms with Crippen LogP contribution in [0.1, 0.15) is 28.4 Å². The molecule has 1 amide bonds. The molecule has 4 heterocycles. The fourth-order valence-electron chi connectivity index (χ4n) is 6.00. The number of rotatable bonds is 3. The van der Waals surface area contributed by atoms with Crippen LogP contribution in [-0.4, -0.2) is 34.5 Å². The number of nitrogens with zero attached hydrogens (tertiary/aromatic N) is 2. The minimum atomic E-state index is -1.34. The lowest BCUT2D eigenvalue weighted by atomic mass is 9.64. The van der Waals surface area contributed by atoms with Crippen molar-refractivity contribution in [3.63, 3.8) is 0 Å². The second-order valence-electron chi connectivity index (χ2n) is 8.92. The molecule has 1 saturated heterocycles. The van der Waals surface area contributed by atoms with Gasteiger partial charge in [-0.2, -0.15) is 0 Å². The summed E-state index contributed by atoms with van der Waals surface area (Å²) >= 11 is 0. The SMILES string of the molecule is CC(=O)[C@H]1[C@H](C(=O)c2ccncc2)[C@]2(C(=O)Nc3ccccc32)[C@H]2C=Cc3cc(F)ccc3N12. The predicted molar refractivity (Wildman–Crippen MR) is 125 cm³/mol. The molecule has 7 heteroatoms. The summed E-state index contributed by atoms with van der Waals surface area (Å²) in [4.78, 5) is 47.1. The Balaban J connectivity index is 1.67. The number of carbonyl (C=O) groups excluding carboxylic acids is 3. The van der Waals surface area contributed by atoms with Gasteiger partial charge in [0.05, 0.1) is 18.0 Å². The molecule has 0 unspecified atom stereocenters. The average molecular weight is 453 g/mol. The van der Waals surface area contributed by atoms with Crippen LogP contribution in [0, 0.1) is 11.7 Å². The van der Waals surface area contributed by atoms with Crippen molar-refractivity contribution in [1.82, 2.24) is 4.98 Å². The zero-order valence-electron chi connectivity index (χ0n) is 18.2. The van der Waals surface area contributed by atoms with Crippen LogP contribution in [-0.2, 0) is 15.0 Å². The number of halogens is 1. The van der Waals surface area contributed by atoms with Crippen molar-refractivity contribution < 1.29 is 18.8 Å². The van der Waals surface area contributed by atoms with Crippen molar-refractivity contribution in [2.24, 2.45) is 5.92 Å². The summed E-state index contributed by atoms with van der Waals surface area (Å²) < 4.78 is 14.0. The van der Waals surface area contributed by atoms with E-state index in [9.17, 15) is 18.8 Å². The molecule has 0 radical (unpaired) electrons. The minimum Gasteiger partial charge on any atom is -0.352 e. The lowest BCUT2D eigenvalue weighted by molar-refractivity contribution is -0.122. The summed E-state index contributed by atoms with van der Waals surface area (Å²) in [5.41, 5.74) is 1.57. The normalized spacial score (nSPS) is 26.1. The molecule has 3 aliphatic rings. The van der Waals surface area contributed by atoms with Crippen LogP contribution in [0.4, 0.5) is 15.8 Å². The first-order chi connectivity index (χ1) is 16.4. The standard InChI is InChI=1S/C27H20FN3O3/c1-15(32)24-23(25(33)16-10-12-29-13-11-16)27(19-4-2-3-5-20(19)30-26(27)34)22-9-6-17-14-18(28)7-8-21(17)31(22)24/h2-14,22-24H,1H3,(H,30,34)/t22-,23-,24+,27-/m1/s1. The third-order valence-corrected chi connectivity index (χ3v) is 7.26. The number of hydrogen-bond acceptors (Lipinski definition) is 5. The first-order valence-electron chi connectivity index (χ1n) is 11.1. The molecule has 1 aromatic heterocycles. The third kappa shape index (κ3) is 2.55. The van der Waals surface area contributed by atoms with Gasteiger partial charge in [-0.25, -0.2) is 4.39 Å². The molecule has 1 spiro atoms. The van der Waals surface area contributed by atoms with Gasteiger partial charge in [0.15, 0.2) is 11.6 Å². The maximum absolute atomic E-state index is 14.1. The highest BCUT2D eigenvalue weighted by atomic mass is 19.1. The summed E-state index contributed by atoms with van der Waals surface area (Å²) in [6.07, 6.45) is 6.63. The number of hydrogen-bond donors (Lipinski definition) is 1. The Morgan fingerprint density at radius 3 is 2.62 bits per heavy atom. The van der Waals surface area contributed by atoms with Crippen molar-refractivity contribution in [3.8, 4) is 0 Å². The molecule has 6 nitrogen and oxygen atoms in total. The number of para-hydroxylation sites is 1. The van der Waals surface area contributed by atoms with Crippen molar-refractivity contribution >= 4 is 34.9 Å². The molecular weight excluding hydrogens is 433 g/mol. The number of fused-ring (bicyclic) bond motifs is 6. The highest BCUT2D eigenvalue weighted by Gasteiger charge is 2.69. The average Bonchev–Trinajstić information content (AvgIpc) is 3.32. The predicted octanol–water partition coefficient (Wildman–Crippen LogP) is 3.78. The number of carbonyl (C=O) groups is 3. The number of nitrogens with one attached hydrogen (secondary N) is 1. The van der Waals surface area contributed by atoms with Gasteiger partial charge in [-0.3, -0.25) is 19.4 Å². The highest BCUT2D eigenvalue weighted by Crippen LogP contribution is 2.57. The van der Waals surface area contributed by atoms with Gasteiger partial charge in [-0.05, 0) is 48.9 Å². The number of aromatic nitrogens is 1. The van der Waals surface area contributed by atoms with Crippen LogP contribution < -0.4 is 10.2 Å². The Kier molecular flexibility index (Phi) is 4.33. The molecule has 3 aliphatic heterocycles. The smallest absolute Gasteiger partial charge is 0.238 e. The third-order valence-electron chi connectivity index (χ3n) is 7.26. The summed E-state index contributed by atoms with van der Waals surface area (Å²) in [5, 5.41) is 2.96. The fraction of sp³-hybridized carbons (Fsp3) is 0.185. The van der Waals surface area contributed by atoms with E-state index in [2.05, 4.69) is 10.3 Å². The summed E-state index contributed by atoms with van der Waals surface area (Å²) in [6.45, 7) is 1.44. The number of Topliss-reactive ketones (excluding diaryl/α,β-unsaturated/α-hetero) is 2. The van der Waals surface area contributed by atoms with E-state index in [1.165, 1.54) is 31.5 Å². The topological polar surface area (TPSA) is 79.4 Å². The molecule has 2 aromatic carbocycles. The van der Waals surface area contributed by atoms with Gasteiger partial charge in [0, 0.05) is 34.9 Å². The Labute approximate surface area is 195 Å². The van der Waals surface area contributed by atoms with Gasteiger partial charge in [-0.15, -0.1) is 0 Å². The van der Waals surface area contributed by atoms with E-state index >= 15 is 0 Å². The first-order valence-corrected chi connectivity index (χ1v) is 11.1. The molecule has 1 N–H and O–H groups in total. The largest absolute Gasteiger partial charge is 0.352 e. The van der Waals surface area contributed by atoms with E-state index in [0.717, 1.165) is 0 Å². The van der Waals surface area contributed by atoms with Gasteiger partial charge >= 0.3 is 0 Å². The highest BCUT2D eigenvalue weighted by molar-refractivity contribution is 6.16. The van der Waals surface area contributed by atoms with Crippen LogP contribution in [0.15, 0.2) is 73.1 Å². The Bertz CT molecular complexity index is 1400. The molecule has 168 valence electrons. The maximum Gasteiger partial charge on any atom is 0.238 e. The molecule has 34 heavy (non-hydrogen) atoms. The van der Waals surface area contributed by atoms with Gasteiger partial charge in [-0.1, -0.05) is 30.4 Å². The molecule has 0 bridgehead atoms. The van der Waals surface area contributed by atoms with Crippen molar-refractivity contribution in [2.75, 3.05) is 10.2 Å². The second-order valence-corrected chi connectivity index (χ2v) is 8.92. The molecule has 6 rings (SSSR count). The van der Waals surface area contributed by atoms with Crippen LogP contribution in [0.5, 0.6) is 0 Å². The number of ketones is 2. The lowest BCUT2D eigenvalue weighted by Gasteiger charge is -2.37. The van der Waals surface area contributed by atoms with Crippen LogP contribution in [0.2, 0.25) is 0 Å². The summed E-state index contributed by atoms with van der Waals surface area (Å²) in [5.74, 6) is -2.27. The van der Waals surface area contributed by atoms with Crippen molar-refractivity contribution in [3.05, 3.63) is 95.6 Å². The number of benzene rings is 2. The van der Waals surface area contributed by atoms with E-state index in [4.69, 9.17) is 0 Å². The summed E-state index contributed by atoms with van der Waals surface area (Å²) in [6, 6.07) is 13.3. The zero-order valence-corrected chi connectivity index (χ0v) is 18.2. The lowest BCUT2D eigenvalue weighted by Crippen LogP contribution is -2.51. The zero-order chi connectivity index (χ0) is 23.6. The molecular formula is C27H20FN3O3. The number of anilines is 2. The molecule has 0 saturated carbocycles. The number of pyridine rings is 1. The van der Waals surface area contributed by atoms with E-state index in [1.54, 1.807) is 30.3 Å². The fourth-order valence-corrected chi connectivity index (χ4v) is 6.00. The van der Waals surface area contributed by atoms with Gasteiger partial charge < -0.3 is 10.2 Å². The number of amides is 1. The van der Waals surface area contributed by atoms with E-state index < -0.39 is 29.2 Å². The van der Waals surface area contributed by atoms with Crippen molar-refractivity contribution in [1.29, 1.82) is 0 Å². The Hall–Kier alpha value is -4.13. The van der Waals surface area contributed by atoms with Crippen molar-refractivity contribution in [2.45, 2.75) is 24.4 Å². The first kappa shape index (κ1) is 20.5. The second kappa shape index (κ2) is 7.18. The molecule has 0 aliphatic carbocycles. The van der Waals surface area contributed by atoms with Crippen LogP contribution in [0.25, 0.3) is 6.08 Å². The minimum absolute atomic E-state index is 0.239. The monoisotopic (exact) mass is 453 g/mol. The maximum atomic E-state index is 14.1. The van der Waals surface area contributed by atoms with E-state index in [0.29, 0.717) is 28.1 Å². The van der Waals surface area contributed by atoms with E-state index in [-0.39, 0.29) is 17.5 Å². The quantitative estimate of drug-likeness (QED) is 0.611. The van der Waals surface area contributed by atoms with Gasteiger partial charge in [0.1, 0.15) is 11.2 Å². The molecule has 1 fully saturated rings. The molecule has 4 atom stereocenters. The van der Waals surface area contributed by atoms with Crippen LogP contribution in [0.3, 0.4) is 0 Å². The Morgan fingerprint density at radius 2 is 1.85 bits per heavy atom. The van der Waals surface area contributed by atoms with E-state index in [1.807, 2.05) is 29.2 Å². The Morgan fingerprint density at radius 1 is 1.09 bits per heavy atom. The molecule has 3 aromatic rings.